The third-order valence-corrected chi connectivity index (χ3v) is 6.90. The maximum atomic E-state index is 13.3. The Bertz CT molecular complexity index is 974. The normalized spacial score (nSPS) is 17.8. The number of anilines is 2. The molecule has 176 valence electrons. The van der Waals surface area contributed by atoms with Crippen LogP contribution in [-0.4, -0.2) is 60.9 Å². The lowest BCUT2D eigenvalue weighted by Gasteiger charge is -2.38. The van der Waals surface area contributed by atoms with Crippen LogP contribution in [-0.2, 0) is 9.59 Å². The van der Waals surface area contributed by atoms with Gasteiger partial charge in [-0.25, -0.2) is 0 Å². The molecule has 0 aromatic heterocycles. The minimum absolute atomic E-state index is 0.0750. The number of likely N-dealkylation sites (tertiary alicyclic amines) is 1. The van der Waals surface area contributed by atoms with Crippen LogP contribution in [0.4, 0.5) is 11.4 Å². The van der Waals surface area contributed by atoms with E-state index in [1.807, 2.05) is 17.0 Å². The van der Waals surface area contributed by atoms with Gasteiger partial charge in [-0.2, -0.15) is 0 Å². The summed E-state index contributed by atoms with van der Waals surface area (Å²) in [4.78, 5) is 31.6. The number of benzene rings is 2. The van der Waals surface area contributed by atoms with Gasteiger partial charge in [0, 0.05) is 56.9 Å². The van der Waals surface area contributed by atoms with E-state index in [0.29, 0.717) is 6.42 Å². The molecule has 33 heavy (non-hydrogen) atoms. The summed E-state index contributed by atoms with van der Waals surface area (Å²) in [6.07, 6.45) is 2.87. The molecule has 2 aromatic carbocycles. The average molecular weight is 449 g/mol. The van der Waals surface area contributed by atoms with Crippen molar-refractivity contribution in [2.75, 3.05) is 49.5 Å². The van der Waals surface area contributed by atoms with Crippen LogP contribution in [0.3, 0.4) is 0 Å². The molecule has 4 rings (SSSR count). The van der Waals surface area contributed by atoms with Crippen LogP contribution < -0.4 is 10.2 Å². The van der Waals surface area contributed by atoms with Crippen LogP contribution in [0.25, 0.3) is 0 Å². The average Bonchev–Trinajstić information content (AvgIpc) is 3.34. The smallest absolute Gasteiger partial charge is 0.224 e. The van der Waals surface area contributed by atoms with E-state index in [4.69, 9.17) is 0 Å². The predicted molar refractivity (Wildman–Crippen MR) is 134 cm³/mol. The maximum absolute atomic E-state index is 13.3. The molecule has 0 radical (unpaired) electrons. The van der Waals surface area contributed by atoms with Crippen LogP contribution in [0.1, 0.15) is 48.9 Å². The first-order valence-corrected chi connectivity index (χ1v) is 12.1. The van der Waals surface area contributed by atoms with Gasteiger partial charge < -0.3 is 15.1 Å². The van der Waals surface area contributed by atoms with Gasteiger partial charge in [0.25, 0.3) is 0 Å². The van der Waals surface area contributed by atoms with E-state index in [9.17, 15) is 9.59 Å². The maximum Gasteiger partial charge on any atom is 0.224 e. The summed E-state index contributed by atoms with van der Waals surface area (Å²) in [5, 5.41) is 2.83. The zero-order valence-corrected chi connectivity index (χ0v) is 20.1. The van der Waals surface area contributed by atoms with Gasteiger partial charge in [0.2, 0.25) is 11.8 Å². The number of amides is 2. The van der Waals surface area contributed by atoms with Gasteiger partial charge >= 0.3 is 0 Å². The lowest BCUT2D eigenvalue weighted by atomic mass is 10.0. The molecule has 1 atom stereocenters. The summed E-state index contributed by atoms with van der Waals surface area (Å²) < 4.78 is 0. The van der Waals surface area contributed by atoms with Crippen molar-refractivity contribution in [3.63, 3.8) is 0 Å². The summed E-state index contributed by atoms with van der Waals surface area (Å²) in [5.41, 5.74) is 5.79. The second kappa shape index (κ2) is 10.4. The van der Waals surface area contributed by atoms with E-state index in [0.717, 1.165) is 50.5 Å². The fourth-order valence-electron chi connectivity index (χ4n) is 5.05. The SMILES string of the molecule is CC(=O)Nc1ccc([C@@H](CC(=O)N2CCN(c3cc(C)ccc3C)CC2)N2CCCC2)cc1. The molecule has 0 bridgehead atoms. The van der Waals surface area contributed by atoms with E-state index < -0.39 is 0 Å². The number of rotatable bonds is 6. The molecular weight excluding hydrogens is 412 g/mol. The van der Waals surface area contributed by atoms with Crippen LogP contribution >= 0.6 is 0 Å². The largest absolute Gasteiger partial charge is 0.368 e. The number of nitrogens with one attached hydrogen (secondary N) is 1. The summed E-state index contributed by atoms with van der Waals surface area (Å²) in [5.74, 6) is 0.160. The van der Waals surface area contributed by atoms with Gasteiger partial charge in [0.05, 0.1) is 0 Å². The molecule has 2 aliphatic rings. The Morgan fingerprint density at radius 2 is 1.58 bits per heavy atom. The first-order chi connectivity index (χ1) is 15.9. The number of hydrogen-bond donors (Lipinski definition) is 1. The first-order valence-electron chi connectivity index (χ1n) is 12.1. The molecule has 0 aliphatic carbocycles. The molecule has 0 spiro atoms. The lowest BCUT2D eigenvalue weighted by Crippen LogP contribution is -2.49. The zero-order valence-electron chi connectivity index (χ0n) is 20.1. The molecule has 2 heterocycles. The van der Waals surface area contributed by atoms with Gasteiger partial charge in [-0.1, -0.05) is 24.3 Å². The topological polar surface area (TPSA) is 55.9 Å². The van der Waals surface area contributed by atoms with Crippen molar-refractivity contribution in [3.8, 4) is 0 Å². The number of carbonyl (C=O) groups excluding carboxylic acids is 2. The molecule has 1 N–H and O–H groups in total. The van der Waals surface area contributed by atoms with Crippen molar-refractivity contribution >= 4 is 23.2 Å². The van der Waals surface area contributed by atoms with E-state index in [1.165, 1.54) is 36.6 Å². The Kier molecular flexibility index (Phi) is 7.33. The third kappa shape index (κ3) is 5.74. The number of hydrogen-bond acceptors (Lipinski definition) is 4. The highest BCUT2D eigenvalue weighted by molar-refractivity contribution is 5.88. The van der Waals surface area contributed by atoms with Crippen molar-refractivity contribution < 1.29 is 9.59 Å². The van der Waals surface area contributed by atoms with Gasteiger partial charge in [-0.15, -0.1) is 0 Å². The molecule has 2 aliphatic heterocycles. The van der Waals surface area contributed by atoms with E-state index in [-0.39, 0.29) is 17.9 Å². The quantitative estimate of drug-likeness (QED) is 0.722. The standard InChI is InChI=1S/C27H36N4O2/c1-20-6-7-21(2)25(18-20)30-14-16-31(17-15-30)27(33)19-26(29-12-4-5-13-29)23-8-10-24(11-9-23)28-22(3)32/h6-11,18,26H,4-5,12-17,19H2,1-3H3,(H,28,32)/t26-/m1/s1. The van der Waals surface area contributed by atoms with Crippen molar-refractivity contribution in [2.45, 2.75) is 46.1 Å². The number of piperazine rings is 1. The van der Waals surface area contributed by atoms with Gasteiger partial charge in [-0.3, -0.25) is 14.5 Å². The Hall–Kier alpha value is -2.86. The minimum atomic E-state index is -0.0750. The molecule has 6 heteroatoms. The molecule has 2 fully saturated rings. The molecular formula is C27H36N4O2. The summed E-state index contributed by atoms with van der Waals surface area (Å²) >= 11 is 0. The Balaban J connectivity index is 1.41. The van der Waals surface area contributed by atoms with Crippen molar-refractivity contribution in [3.05, 3.63) is 59.2 Å². The monoisotopic (exact) mass is 448 g/mol. The second-order valence-electron chi connectivity index (χ2n) is 9.42. The molecule has 2 amide bonds. The Morgan fingerprint density at radius 3 is 2.21 bits per heavy atom. The Labute approximate surface area is 197 Å². The fourth-order valence-corrected chi connectivity index (χ4v) is 5.05. The molecule has 2 saturated heterocycles. The lowest BCUT2D eigenvalue weighted by molar-refractivity contribution is -0.132. The molecule has 0 unspecified atom stereocenters. The zero-order chi connectivity index (χ0) is 23.4. The van der Waals surface area contributed by atoms with Gasteiger partial charge in [0.15, 0.2) is 0 Å². The Morgan fingerprint density at radius 1 is 0.909 bits per heavy atom. The van der Waals surface area contributed by atoms with Crippen molar-refractivity contribution in [1.29, 1.82) is 0 Å². The van der Waals surface area contributed by atoms with Crippen LogP contribution in [0.2, 0.25) is 0 Å². The van der Waals surface area contributed by atoms with E-state index in [1.54, 1.807) is 0 Å². The van der Waals surface area contributed by atoms with Crippen LogP contribution in [0, 0.1) is 13.8 Å². The number of aryl methyl sites for hydroxylation is 2. The molecule has 0 saturated carbocycles. The van der Waals surface area contributed by atoms with Gasteiger partial charge in [-0.05, 0) is 74.7 Å². The summed E-state index contributed by atoms with van der Waals surface area (Å²) in [7, 11) is 0. The highest BCUT2D eigenvalue weighted by Gasteiger charge is 2.29. The van der Waals surface area contributed by atoms with E-state index >= 15 is 0 Å². The van der Waals surface area contributed by atoms with Crippen molar-refractivity contribution in [1.82, 2.24) is 9.80 Å². The van der Waals surface area contributed by atoms with E-state index in [2.05, 4.69) is 59.3 Å². The highest BCUT2D eigenvalue weighted by Crippen LogP contribution is 2.30. The minimum Gasteiger partial charge on any atom is -0.368 e. The number of carbonyl (C=O) groups is 2. The summed E-state index contributed by atoms with van der Waals surface area (Å²) in [6.45, 7) is 11.1. The van der Waals surface area contributed by atoms with Crippen LogP contribution in [0.5, 0.6) is 0 Å². The van der Waals surface area contributed by atoms with Gasteiger partial charge in [0.1, 0.15) is 0 Å². The summed E-state index contributed by atoms with van der Waals surface area (Å²) in [6, 6.07) is 14.7. The highest BCUT2D eigenvalue weighted by atomic mass is 16.2. The molecule has 6 nitrogen and oxygen atoms in total. The second-order valence-corrected chi connectivity index (χ2v) is 9.42. The molecule has 2 aromatic rings. The van der Waals surface area contributed by atoms with Crippen LogP contribution in [0.15, 0.2) is 42.5 Å². The fraction of sp³-hybridized carbons (Fsp3) is 0.481. The van der Waals surface area contributed by atoms with Crippen molar-refractivity contribution in [2.24, 2.45) is 0 Å². The third-order valence-electron chi connectivity index (χ3n) is 6.90. The first kappa shape index (κ1) is 23.3. The predicted octanol–water partition coefficient (Wildman–Crippen LogP) is 4.14. The number of nitrogens with zero attached hydrogens (tertiary/aromatic N) is 3.